The first-order chi connectivity index (χ1) is 47.6. The average Bonchev–Trinajstić information content (AvgIpc) is 0.801. The highest BCUT2D eigenvalue weighted by Gasteiger charge is 2.52. The first kappa shape index (κ1) is 76.3. The summed E-state index contributed by atoms with van der Waals surface area (Å²) < 4.78 is 64.4. The summed E-state index contributed by atoms with van der Waals surface area (Å²) >= 11 is 3.03. The monoisotopic (exact) mass is 1360 g/mol. The molecule has 0 bridgehead atoms. The molecule has 0 saturated carbocycles. The molecule has 18 nitrogen and oxygen atoms in total. The quantitative estimate of drug-likeness (QED) is 0.0286. The largest absolute Gasteiger partial charge is 0.481 e. The number of thioether (sulfide) groups is 2. The normalized spacial score (nSPS) is 20.1. The van der Waals surface area contributed by atoms with Gasteiger partial charge in [0.2, 0.25) is 5.91 Å². The van der Waals surface area contributed by atoms with E-state index in [1.807, 2.05) is 243 Å². The number of ether oxygens (including phenoxy) is 10. The van der Waals surface area contributed by atoms with Gasteiger partial charge in [-0.3, -0.25) is 19.2 Å². The molecular weight excluding hydrogens is 1270 g/mol. The SMILES string of the molecule is CN.CN.CNC(=O)CCC(=O)O[C@@H]1C(COCc2ccccc2)O[C@H](Sc2ccccc2)C(OCc2ccccc2)[C@@H]1OCc1ccccc1.O=C(O)CCC(=O)O[C@@H]1C(COCc2ccccc2)O[C@H](Sc2ccccc2)C(OCc2ccccc2)[C@@H]1OCc1ccccc1. The van der Waals surface area contributed by atoms with Gasteiger partial charge in [0.25, 0.3) is 0 Å². The zero-order valence-corrected chi connectivity index (χ0v) is 56.6. The molecular formula is C77H89N3O15S2. The van der Waals surface area contributed by atoms with Crippen LogP contribution in [-0.4, -0.2) is 123 Å². The van der Waals surface area contributed by atoms with Crippen LogP contribution in [0.4, 0.5) is 0 Å². The molecule has 10 rings (SSSR count). The molecule has 2 heterocycles. The number of hydrogen-bond acceptors (Lipinski definition) is 18. The van der Waals surface area contributed by atoms with E-state index in [2.05, 4.69) is 16.8 Å². The van der Waals surface area contributed by atoms with E-state index in [1.165, 1.54) is 44.7 Å². The molecule has 2 fully saturated rings. The minimum Gasteiger partial charge on any atom is -0.481 e. The number of carbonyl (C=O) groups is 4. The van der Waals surface area contributed by atoms with Gasteiger partial charge < -0.3 is 69.3 Å². The number of nitrogens with two attached hydrogens (primary N) is 2. The van der Waals surface area contributed by atoms with Crippen molar-refractivity contribution in [2.45, 2.75) is 135 Å². The summed E-state index contributed by atoms with van der Waals surface area (Å²) in [4.78, 5) is 51.5. The van der Waals surface area contributed by atoms with Crippen LogP contribution in [0.15, 0.2) is 252 Å². The van der Waals surface area contributed by atoms with Crippen molar-refractivity contribution in [2.24, 2.45) is 11.5 Å². The van der Waals surface area contributed by atoms with Gasteiger partial charge >= 0.3 is 17.9 Å². The van der Waals surface area contributed by atoms with Gasteiger partial charge in [0.15, 0.2) is 12.2 Å². The van der Waals surface area contributed by atoms with E-state index in [4.69, 9.17) is 47.4 Å². The number of nitrogens with one attached hydrogen (secondary N) is 1. The third kappa shape index (κ3) is 26.7. The Labute approximate surface area is 577 Å². The van der Waals surface area contributed by atoms with Gasteiger partial charge in [-0.2, -0.15) is 0 Å². The second-order valence-corrected chi connectivity index (χ2v) is 24.3. The Morgan fingerprint density at radius 2 is 0.639 bits per heavy atom. The zero-order chi connectivity index (χ0) is 68.7. The van der Waals surface area contributed by atoms with E-state index in [-0.39, 0.29) is 64.6 Å². The van der Waals surface area contributed by atoms with E-state index in [9.17, 15) is 24.3 Å². The molecule has 20 heteroatoms. The lowest BCUT2D eigenvalue weighted by molar-refractivity contribution is -0.249. The minimum absolute atomic E-state index is 0.00798. The van der Waals surface area contributed by atoms with E-state index in [0.29, 0.717) is 19.8 Å². The van der Waals surface area contributed by atoms with Crippen molar-refractivity contribution in [2.75, 3.05) is 34.4 Å². The number of amides is 1. The molecule has 10 atom stereocenters. The zero-order valence-electron chi connectivity index (χ0n) is 55.0. The lowest BCUT2D eigenvalue weighted by Crippen LogP contribution is -2.60. The second kappa shape index (κ2) is 44.0. The van der Waals surface area contributed by atoms with Gasteiger partial charge in [-0.25, -0.2) is 0 Å². The molecule has 1 amide bonds. The fourth-order valence-electron chi connectivity index (χ4n) is 10.3. The molecule has 97 heavy (non-hydrogen) atoms. The minimum atomic E-state index is -1.08. The Kier molecular flexibility index (Phi) is 34.6. The molecule has 0 radical (unpaired) electrons. The first-order valence-corrected chi connectivity index (χ1v) is 34.0. The van der Waals surface area contributed by atoms with E-state index < -0.39 is 77.6 Å². The molecule has 0 spiro atoms. The highest BCUT2D eigenvalue weighted by molar-refractivity contribution is 8.00. The molecule has 2 aliphatic rings. The van der Waals surface area contributed by atoms with Gasteiger partial charge in [0.05, 0.1) is 72.1 Å². The summed E-state index contributed by atoms with van der Waals surface area (Å²) in [6.07, 6.45) is -6.72. The van der Waals surface area contributed by atoms with Crippen molar-refractivity contribution in [1.29, 1.82) is 0 Å². The Morgan fingerprint density at radius 3 is 0.928 bits per heavy atom. The summed E-state index contributed by atoms with van der Waals surface area (Å²) in [5, 5.41) is 11.8. The number of rotatable bonds is 32. The fourth-order valence-corrected chi connectivity index (χ4v) is 12.6. The van der Waals surface area contributed by atoms with E-state index >= 15 is 0 Å². The maximum absolute atomic E-state index is 13.3. The van der Waals surface area contributed by atoms with Crippen LogP contribution >= 0.6 is 23.5 Å². The third-order valence-electron chi connectivity index (χ3n) is 15.0. The van der Waals surface area contributed by atoms with E-state index in [1.54, 1.807) is 0 Å². The number of carbonyl (C=O) groups excluding carboxylic acids is 3. The highest BCUT2D eigenvalue weighted by atomic mass is 32.2. The fraction of sp³-hybridized carbons (Fsp3) is 0.325. The predicted molar refractivity (Wildman–Crippen MR) is 374 cm³/mol. The van der Waals surface area contributed by atoms with Crippen LogP contribution in [0.2, 0.25) is 0 Å². The van der Waals surface area contributed by atoms with Gasteiger partial charge in [-0.15, -0.1) is 0 Å². The number of aliphatic carboxylic acids is 1. The molecule has 2 aliphatic heterocycles. The van der Waals surface area contributed by atoms with Crippen molar-refractivity contribution >= 4 is 47.3 Å². The molecule has 6 N–H and O–H groups in total. The number of carboxylic acids is 1. The molecule has 0 aromatic heterocycles. The summed E-state index contributed by atoms with van der Waals surface area (Å²) in [6.45, 7) is 2.03. The van der Waals surface area contributed by atoms with Crippen LogP contribution < -0.4 is 16.8 Å². The topological polar surface area (TPSA) is 245 Å². The maximum atomic E-state index is 13.3. The number of carboxylic acid groups (broad SMARTS) is 1. The summed E-state index contributed by atoms with van der Waals surface area (Å²) in [6, 6.07) is 78.7. The molecule has 8 aromatic carbocycles. The predicted octanol–water partition coefficient (Wildman–Crippen LogP) is 12.1. The van der Waals surface area contributed by atoms with Gasteiger partial charge in [-0.1, -0.05) is 242 Å². The van der Waals surface area contributed by atoms with Crippen molar-refractivity contribution in [1.82, 2.24) is 5.32 Å². The third-order valence-corrected chi connectivity index (χ3v) is 17.3. The summed E-state index contributed by atoms with van der Waals surface area (Å²) in [7, 11) is 4.54. The Morgan fingerprint density at radius 1 is 0.371 bits per heavy atom. The first-order valence-electron chi connectivity index (χ1n) is 32.2. The van der Waals surface area contributed by atoms with Gasteiger partial charge in [-0.05, 0) is 71.7 Å². The van der Waals surface area contributed by atoms with Crippen LogP contribution in [0.5, 0.6) is 0 Å². The maximum Gasteiger partial charge on any atom is 0.306 e. The Bertz CT molecular complexity index is 3440. The number of benzene rings is 8. The smallest absolute Gasteiger partial charge is 0.306 e. The Hall–Kier alpha value is -8.06. The van der Waals surface area contributed by atoms with Crippen LogP contribution in [0.25, 0.3) is 0 Å². The van der Waals surface area contributed by atoms with Crippen molar-refractivity contribution < 1.29 is 71.7 Å². The Balaban J connectivity index is 0.000000260. The van der Waals surface area contributed by atoms with Crippen LogP contribution in [-0.2, 0) is 106 Å². The van der Waals surface area contributed by atoms with Crippen molar-refractivity contribution in [3.63, 3.8) is 0 Å². The highest BCUT2D eigenvalue weighted by Crippen LogP contribution is 2.40. The summed E-state index contributed by atoms with van der Waals surface area (Å²) in [5.74, 6) is -2.52. The number of hydrogen-bond donors (Lipinski definition) is 4. The lowest BCUT2D eigenvalue weighted by Gasteiger charge is -2.45. The molecule has 8 aromatic rings. The number of esters is 2. The summed E-state index contributed by atoms with van der Waals surface area (Å²) in [5.41, 5.74) is 13.8. The van der Waals surface area contributed by atoms with Crippen molar-refractivity contribution in [3.8, 4) is 0 Å². The van der Waals surface area contributed by atoms with Crippen LogP contribution in [0, 0.1) is 0 Å². The van der Waals surface area contributed by atoms with Crippen LogP contribution in [0.3, 0.4) is 0 Å². The second-order valence-electron chi connectivity index (χ2n) is 22.0. The van der Waals surface area contributed by atoms with Crippen molar-refractivity contribution in [3.05, 3.63) is 276 Å². The standard InChI is InChI=1S/C38H41NO7S.C37H38O8S.2CH5N/c1-39-33(40)22-23-34(41)46-35-32(27-42-24-28-14-6-2-7-15-28)45-38(47-31-20-12-5-13-21-31)37(44-26-30-18-10-4-11-19-30)36(35)43-25-29-16-8-3-9-17-29;38-32(39)21-22-33(40)45-34-31(26-41-23-27-13-5-1-6-14-27)44-37(46-30-19-11-4-12-20-30)36(43-25-29-17-9-3-10-18-29)35(34)42-24-28-15-7-2-8-16-28;2*1-2/h2-21,32,35-38H,22-27H2,1H3,(H,39,40);1-20,31,34-37H,21-26H2,(H,38,39);2*2H2,1H3/t32?,35-,36-,37?,38-;31?,34-,35-,36?,37-;;/m11../s1. The average molecular weight is 1360 g/mol. The van der Waals surface area contributed by atoms with Gasteiger partial charge in [0.1, 0.15) is 47.5 Å². The lowest BCUT2D eigenvalue weighted by atomic mass is 9.98. The molecule has 4 unspecified atom stereocenters. The van der Waals surface area contributed by atoms with E-state index in [0.717, 1.165) is 43.2 Å². The van der Waals surface area contributed by atoms with Crippen LogP contribution in [0.1, 0.15) is 59.1 Å². The molecule has 0 aliphatic carbocycles. The molecule has 514 valence electrons. The molecule has 2 saturated heterocycles. The van der Waals surface area contributed by atoms with Gasteiger partial charge in [0, 0.05) is 23.3 Å².